The molecule has 0 fully saturated rings. The van der Waals surface area contributed by atoms with Crippen molar-refractivity contribution in [2.75, 3.05) is 5.75 Å². The number of hydrogen-bond acceptors (Lipinski definition) is 8. The highest BCUT2D eigenvalue weighted by atomic mass is 32.2. The number of carbonyl (C=O) groups excluding carboxylic acids is 2. The van der Waals surface area contributed by atoms with Gasteiger partial charge in [-0.3, -0.25) is 9.59 Å². The van der Waals surface area contributed by atoms with Gasteiger partial charge in [-0.1, -0.05) is 11.8 Å². The van der Waals surface area contributed by atoms with Crippen LogP contribution in [0.2, 0.25) is 0 Å². The lowest BCUT2D eigenvalue weighted by Crippen LogP contribution is -2.24. The van der Waals surface area contributed by atoms with Crippen LogP contribution in [-0.4, -0.2) is 27.8 Å². The average molecular weight is 362 g/mol. The molecular formula is C15H14N4O5S. The van der Waals surface area contributed by atoms with Gasteiger partial charge in [0.25, 0.3) is 11.1 Å². The molecule has 0 atom stereocenters. The van der Waals surface area contributed by atoms with Gasteiger partial charge in [0.15, 0.2) is 5.76 Å². The zero-order chi connectivity index (χ0) is 17.5. The SMILES string of the molecule is O=C(CSc1nnc(CNC(=O)c2ccco2)o1)NCc1ccco1. The lowest BCUT2D eigenvalue weighted by Gasteiger charge is -2.01. The second kappa shape index (κ2) is 8.20. The van der Waals surface area contributed by atoms with Crippen molar-refractivity contribution < 1.29 is 22.8 Å². The Hall–Kier alpha value is -3.01. The quantitative estimate of drug-likeness (QED) is 0.579. The average Bonchev–Trinajstić information content (AvgIpc) is 3.38. The van der Waals surface area contributed by atoms with E-state index in [0.717, 1.165) is 11.8 Å². The molecule has 0 spiro atoms. The molecule has 2 N–H and O–H groups in total. The van der Waals surface area contributed by atoms with Crippen molar-refractivity contribution in [1.82, 2.24) is 20.8 Å². The Balaban J connectivity index is 1.39. The third-order valence-electron chi connectivity index (χ3n) is 2.96. The minimum Gasteiger partial charge on any atom is -0.467 e. The maximum atomic E-state index is 11.7. The van der Waals surface area contributed by atoms with Crippen LogP contribution < -0.4 is 10.6 Å². The first-order valence-corrected chi connectivity index (χ1v) is 8.25. The summed E-state index contributed by atoms with van der Waals surface area (Å²) in [6.45, 7) is 0.387. The molecule has 0 saturated heterocycles. The highest BCUT2D eigenvalue weighted by Gasteiger charge is 2.12. The first kappa shape index (κ1) is 16.8. The van der Waals surface area contributed by atoms with Crippen molar-refractivity contribution >= 4 is 23.6 Å². The second-order valence-electron chi connectivity index (χ2n) is 4.77. The summed E-state index contributed by atoms with van der Waals surface area (Å²) in [6, 6.07) is 6.69. The molecule has 0 aliphatic heterocycles. The summed E-state index contributed by atoms with van der Waals surface area (Å²) in [5.41, 5.74) is 0. The number of furan rings is 2. The van der Waals surface area contributed by atoms with Gasteiger partial charge in [-0.25, -0.2) is 0 Å². The van der Waals surface area contributed by atoms with E-state index >= 15 is 0 Å². The van der Waals surface area contributed by atoms with Crippen molar-refractivity contribution in [3.63, 3.8) is 0 Å². The Morgan fingerprint density at radius 3 is 2.64 bits per heavy atom. The van der Waals surface area contributed by atoms with Crippen LogP contribution in [0.3, 0.4) is 0 Å². The van der Waals surface area contributed by atoms with Crippen molar-refractivity contribution in [1.29, 1.82) is 0 Å². The van der Waals surface area contributed by atoms with Crippen molar-refractivity contribution in [3.8, 4) is 0 Å². The fourth-order valence-electron chi connectivity index (χ4n) is 1.80. The van der Waals surface area contributed by atoms with Gasteiger partial charge in [-0.2, -0.15) is 0 Å². The predicted octanol–water partition coefficient (Wildman–Crippen LogP) is 1.59. The maximum Gasteiger partial charge on any atom is 0.287 e. The predicted molar refractivity (Wildman–Crippen MR) is 85.5 cm³/mol. The monoisotopic (exact) mass is 362 g/mol. The molecule has 0 radical (unpaired) electrons. The van der Waals surface area contributed by atoms with Crippen LogP contribution in [-0.2, 0) is 17.9 Å². The van der Waals surface area contributed by atoms with Crippen LogP contribution in [0.15, 0.2) is 55.3 Å². The van der Waals surface area contributed by atoms with Crippen LogP contribution in [0.4, 0.5) is 0 Å². The Morgan fingerprint density at radius 1 is 1.04 bits per heavy atom. The zero-order valence-corrected chi connectivity index (χ0v) is 13.7. The smallest absolute Gasteiger partial charge is 0.287 e. The minimum absolute atomic E-state index is 0.0672. The van der Waals surface area contributed by atoms with Crippen LogP contribution >= 0.6 is 11.8 Å². The first-order chi connectivity index (χ1) is 12.2. The molecule has 3 heterocycles. The summed E-state index contributed by atoms with van der Waals surface area (Å²) in [5, 5.41) is 13.2. The molecule has 10 heteroatoms. The van der Waals surface area contributed by atoms with E-state index in [0.29, 0.717) is 12.3 Å². The highest BCUT2D eigenvalue weighted by Crippen LogP contribution is 2.15. The second-order valence-corrected chi connectivity index (χ2v) is 5.69. The lowest BCUT2D eigenvalue weighted by molar-refractivity contribution is -0.118. The molecule has 0 aliphatic carbocycles. The van der Waals surface area contributed by atoms with Crippen LogP contribution in [0, 0.1) is 0 Å². The number of thioether (sulfide) groups is 1. The Labute approximate surface area is 146 Å². The number of rotatable bonds is 8. The van der Waals surface area contributed by atoms with E-state index in [2.05, 4.69) is 20.8 Å². The van der Waals surface area contributed by atoms with Gasteiger partial charge in [-0.05, 0) is 24.3 Å². The van der Waals surface area contributed by atoms with Gasteiger partial charge < -0.3 is 23.9 Å². The molecule has 2 amide bonds. The van der Waals surface area contributed by atoms with E-state index in [9.17, 15) is 9.59 Å². The zero-order valence-electron chi connectivity index (χ0n) is 12.9. The van der Waals surface area contributed by atoms with Gasteiger partial charge in [0.2, 0.25) is 11.8 Å². The standard InChI is InChI=1S/C15H14N4O5S/c20-12(16-7-10-3-1-5-22-10)9-25-15-19-18-13(24-15)8-17-14(21)11-4-2-6-23-11/h1-6H,7-9H2,(H,16,20)(H,17,21). The molecule has 0 unspecified atom stereocenters. The van der Waals surface area contributed by atoms with Gasteiger partial charge in [0, 0.05) is 0 Å². The highest BCUT2D eigenvalue weighted by molar-refractivity contribution is 7.99. The van der Waals surface area contributed by atoms with Crippen molar-refractivity contribution in [2.24, 2.45) is 0 Å². The molecule has 3 aromatic rings. The summed E-state index contributed by atoms with van der Waals surface area (Å²) < 4.78 is 15.4. The first-order valence-electron chi connectivity index (χ1n) is 7.26. The Bertz CT molecular complexity index is 813. The maximum absolute atomic E-state index is 11.7. The van der Waals surface area contributed by atoms with Crippen molar-refractivity contribution in [2.45, 2.75) is 18.3 Å². The number of nitrogens with zero attached hydrogens (tertiary/aromatic N) is 2. The van der Waals surface area contributed by atoms with E-state index in [-0.39, 0.29) is 41.0 Å². The summed E-state index contributed by atoms with van der Waals surface area (Å²) in [5.74, 6) is 0.662. The fraction of sp³-hybridized carbons (Fsp3) is 0.200. The molecule has 9 nitrogen and oxygen atoms in total. The molecule has 0 bridgehead atoms. The Kier molecular flexibility index (Phi) is 5.52. The van der Waals surface area contributed by atoms with Gasteiger partial charge >= 0.3 is 0 Å². The molecule has 3 aromatic heterocycles. The third kappa shape index (κ3) is 4.98. The topological polar surface area (TPSA) is 123 Å². The molecule has 130 valence electrons. The van der Waals surface area contributed by atoms with E-state index in [4.69, 9.17) is 13.3 Å². The molecule has 0 saturated carbocycles. The van der Waals surface area contributed by atoms with Crippen LogP contribution in [0.1, 0.15) is 22.2 Å². The summed E-state index contributed by atoms with van der Waals surface area (Å²) in [4.78, 5) is 23.4. The fourth-order valence-corrected chi connectivity index (χ4v) is 2.41. The molecule has 0 aliphatic rings. The number of carbonyl (C=O) groups is 2. The van der Waals surface area contributed by atoms with Gasteiger partial charge in [0.1, 0.15) is 5.76 Å². The summed E-state index contributed by atoms with van der Waals surface area (Å²) >= 11 is 1.10. The van der Waals surface area contributed by atoms with E-state index in [1.165, 1.54) is 6.26 Å². The molecule has 25 heavy (non-hydrogen) atoms. The number of hydrogen-bond donors (Lipinski definition) is 2. The number of aromatic nitrogens is 2. The third-order valence-corrected chi connectivity index (χ3v) is 3.78. The summed E-state index contributed by atoms with van der Waals surface area (Å²) in [7, 11) is 0. The lowest BCUT2D eigenvalue weighted by atomic mass is 10.4. The molecule has 3 rings (SSSR count). The van der Waals surface area contributed by atoms with Crippen LogP contribution in [0.5, 0.6) is 0 Å². The number of nitrogens with one attached hydrogen (secondary N) is 2. The van der Waals surface area contributed by atoms with Gasteiger partial charge in [0.05, 0.1) is 31.4 Å². The Morgan fingerprint density at radius 2 is 1.88 bits per heavy atom. The summed E-state index contributed by atoms with van der Waals surface area (Å²) in [6.07, 6.45) is 2.95. The minimum atomic E-state index is -0.380. The van der Waals surface area contributed by atoms with E-state index in [1.54, 1.807) is 30.5 Å². The van der Waals surface area contributed by atoms with Crippen LogP contribution in [0.25, 0.3) is 0 Å². The van der Waals surface area contributed by atoms with Crippen molar-refractivity contribution in [3.05, 3.63) is 54.2 Å². The molecular weight excluding hydrogens is 348 g/mol. The molecule has 0 aromatic carbocycles. The largest absolute Gasteiger partial charge is 0.467 e. The van der Waals surface area contributed by atoms with Gasteiger partial charge in [-0.15, -0.1) is 10.2 Å². The van der Waals surface area contributed by atoms with E-state index in [1.807, 2.05) is 0 Å². The number of amides is 2. The van der Waals surface area contributed by atoms with E-state index < -0.39 is 0 Å². The normalized spacial score (nSPS) is 10.6.